The van der Waals surface area contributed by atoms with Crippen molar-refractivity contribution in [1.29, 1.82) is 5.26 Å². The summed E-state index contributed by atoms with van der Waals surface area (Å²) >= 11 is 5.92. The second-order valence-electron chi connectivity index (χ2n) is 5.62. The Balaban J connectivity index is 2.14. The van der Waals surface area contributed by atoms with Gasteiger partial charge in [0.05, 0.1) is 23.4 Å². The number of hydrogen-bond acceptors (Lipinski definition) is 3. The fraction of sp³-hybridized carbons (Fsp3) is 0.105. The van der Waals surface area contributed by atoms with Crippen molar-refractivity contribution in [1.82, 2.24) is 10.6 Å². The lowest BCUT2D eigenvalue weighted by Gasteiger charge is -2.29. The summed E-state index contributed by atoms with van der Waals surface area (Å²) in [5, 5.41) is 15.0. The highest BCUT2D eigenvalue weighted by Crippen LogP contribution is 2.32. The summed E-state index contributed by atoms with van der Waals surface area (Å²) in [5.41, 5.74) is 2.85. The maximum atomic E-state index is 12.3. The van der Waals surface area contributed by atoms with Crippen LogP contribution in [-0.4, -0.2) is 11.8 Å². The molecule has 6 heteroatoms. The first-order chi connectivity index (χ1) is 12.0. The summed E-state index contributed by atoms with van der Waals surface area (Å²) in [4.78, 5) is 24.5. The van der Waals surface area contributed by atoms with Gasteiger partial charge in [0, 0.05) is 10.6 Å². The van der Waals surface area contributed by atoms with Gasteiger partial charge in [0.15, 0.2) is 5.78 Å². The first-order valence-electron chi connectivity index (χ1n) is 7.58. The predicted molar refractivity (Wildman–Crippen MR) is 94.6 cm³/mol. The minimum Gasteiger partial charge on any atom is -0.327 e. The van der Waals surface area contributed by atoms with E-state index in [1.807, 2.05) is 6.07 Å². The number of carbonyl (C=O) groups is 2. The summed E-state index contributed by atoms with van der Waals surface area (Å²) in [6.45, 7) is 1.46. The lowest BCUT2D eigenvalue weighted by atomic mass is 9.90. The van der Waals surface area contributed by atoms with Gasteiger partial charge < -0.3 is 10.6 Å². The van der Waals surface area contributed by atoms with Crippen molar-refractivity contribution >= 4 is 29.1 Å². The Hall–Kier alpha value is -3.10. The number of nitrogens with zero attached hydrogens (tertiary/aromatic N) is 1. The zero-order chi connectivity index (χ0) is 18.0. The van der Waals surface area contributed by atoms with Gasteiger partial charge in [0.2, 0.25) is 0 Å². The average Bonchev–Trinajstić information content (AvgIpc) is 2.61. The number of Topliss-reactive ketones (excluding diaryl/α,β-unsaturated/α-hetero) is 1. The Labute approximate surface area is 149 Å². The number of benzene rings is 2. The smallest absolute Gasteiger partial charge is 0.320 e. The largest absolute Gasteiger partial charge is 0.327 e. The van der Waals surface area contributed by atoms with E-state index in [0.29, 0.717) is 27.4 Å². The number of nitriles is 1. The molecule has 124 valence electrons. The summed E-state index contributed by atoms with van der Waals surface area (Å²) in [6.07, 6.45) is 0. The summed E-state index contributed by atoms with van der Waals surface area (Å²) < 4.78 is 0. The van der Waals surface area contributed by atoms with Gasteiger partial charge in [-0.15, -0.1) is 0 Å². The van der Waals surface area contributed by atoms with Crippen LogP contribution in [0.5, 0.6) is 0 Å². The molecule has 2 aromatic carbocycles. The van der Waals surface area contributed by atoms with E-state index in [4.69, 9.17) is 16.9 Å². The molecule has 0 saturated carbocycles. The van der Waals surface area contributed by atoms with Crippen molar-refractivity contribution in [3.63, 3.8) is 0 Å². The Morgan fingerprint density at radius 3 is 2.32 bits per heavy atom. The lowest BCUT2D eigenvalue weighted by Crippen LogP contribution is -2.44. The zero-order valence-electron chi connectivity index (χ0n) is 13.3. The van der Waals surface area contributed by atoms with Crippen molar-refractivity contribution in [3.8, 4) is 6.07 Å². The van der Waals surface area contributed by atoms with Crippen molar-refractivity contribution in [2.45, 2.75) is 13.0 Å². The molecule has 0 fully saturated rings. The Morgan fingerprint density at radius 1 is 1.12 bits per heavy atom. The summed E-state index contributed by atoms with van der Waals surface area (Å²) in [7, 11) is 0. The molecular weight excluding hydrogens is 338 g/mol. The molecule has 25 heavy (non-hydrogen) atoms. The Morgan fingerprint density at radius 2 is 1.76 bits per heavy atom. The molecule has 0 saturated heterocycles. The molecule has 1 atom stereocenters. The number of ketones is 1. The number of hydrogen-bond donors (Lipinski definition) is 2. The minimum atomic E-state index is -0.593. The molecule has 1 heterocycles. The predicted octanol–water partition coefficient (Wildman–Crippen LogP) is 3.57. The molecule has 1 aliphatic heterocycles. The maximum Gasteiger partial charge on any atom is 0.320 e. The van der Waals surface area contributed by atoms with Crippen molar-refractivity contribution in [3.05, 3.63) is 75.8 Å². The van der Waals surface area contributed by atoms with Crippen LogP contribution >= 0.6 is 11.6 Å². The molecule has 0 bridgehead atoms. The van der Waals surface area contributed by atoms with Gasteiger partial charge in [-0.1, -0.05) is 35.9 Å². The second-order valence-corrected chi connectivity index (χ2v) is 6.05. The normalized spacial score (nSPS) is 16.7. The van der Waals surface area contributed by atoms with Gasteiger partial charge in [-0.05, 0) is 42.3 Å². The van der Waals surface area contributed by atoms with Gasteiger partial charge in [-0.25, -0.2) is 4.79 Å². The second kappa shape index (κ2) is 6.80. The van der Waals surface area contributed by atoms with E-state index in [1.54, 1.807) is 48.5 Å². The molecule has 0 radical (unpaired) electrons. The number of nitrogens with one attached hydrogen (secondary N) is 2. The highest BCUT2D eigenvalue weighted by atomic mass is 35.5. The number of halogens is 1. The monoisotopic (exact) mass is 351 g/mol. The molecule has 0 aliphatic carbocycles. The van der Waals surface area contributed by atoms with Crippen LogP contribution < -0.4 is 10.6 Å². The first-order valence-corrected chi connectivity index (χ1v) is 7.96. The van der Waals surface area contributed by atoms with Gasteiger partial charge in [0.25, 0.3) is 0 Å². The third-order valence-electron chi connectivity index (χ3n) is 3.96. The van der Waals surface area contributed by atoms with Crippen LogP contribution in [0.25, 0.3) is 5.70 Å². The average molecular weight is 352 g/mol. The van der Waals surface area contributed by atoms with E-state index in [1.165, 1.54) is 6.92 Å². The van der Waals surface area contributed by atoms with Gasteiger partial charge in [-0.2, -0.15) is 5.26 Å². The van der Waals surface area contributed by atoms with Gasteiger partial charge >= 0.3 is 6.03 Å². The number of amides is 2. The topological polar surface area (TPSA) is 82.0 Å². The Bertz CT molecular complexity index is 909. The first kappa shape index (κ1) is 16.7. The summed E-state index contributed by atoms with van der Waals surface area (Å²) in [6, 6.07) is 14.7. The fourth-order valence-electron chi connectivity index (χ4n) is 2.79. The van der Waals surface area contributed by atoms with Crippen LogP contribution in [0.4, 0.5) is 4.79 Å². The number of rotatable bonds is 3. The molecule has 0 aromatic heterocycles. The molecule has 2 aromatic rings. The number of urea groups is 1. The van der Waals surface area contributed by atoms with Crippen molar-refractivity contribution < 1.29 is 9.59 Å². The fourth-order valence-corrected chi connectivity index (χ4v) is 2.91. The van der Waals surface area contributed by atoms with Crippen LogP contribution in [0, 0.1) is 11.3 Å². The molecule has 2 amide bonds. The molecular formula is C19H14ClN3O2. The third-order valence-corrected chi connectivity index (χ3v) is 4.21. The SMILES string of the molecule is CC(=O)C1=C(c2ccc(Cl)cc2)NC(=O)N[C@@H]1c1ccc(C#N)cc1. The molecule has 2 N–H and O–H groups in total. The van der Waals surface area contributed by atoms with E-state index in [0.717, 1.165) is 5.56 Å². The van der Waals surface area contributed by atoms with Crippen molar-refractivity contribution in [2.75, 3.05) is 0 Å². The molecule has 0 unspecified atom stereocenters. The van der Waals surface area contributed by atoms with Gasteiger partial charge in [-0.3, -0.25) is 4.79 Å². The summed E-state index contributed by atoms with van der Waals surface area (Å²) in [5.74, 6) is -0.160. The highest BCUT2D eigenvalue weighted by Gasteiger charge is 2.31. The van der Waals surface area contributed by atoms with Gasteiger partial charge in [0.1, 0.15) is 0 Å². The van der Waals surface area contributed by atoms with Crippen LogP contribution in [0.2, 0.25) is 5.02 Å². The van der Waals surface area contributed by atoms with E-state index >= 15 is 0 Å². The molecule has 1 aliphatic rings. The molecule has 3 rings (SSSR count). The van der Waals surface area contributed by atoms with Crippen LogP contribution in [-0.2, 0) is 4.79 Å². The lowest BCUT2D eigenvalue weighted by molar-refractivity contribution is -0.113. The van der Waals surface area contributed by atoms with E-state index in [9.17, 15) is 9.59 Å². The molecule has 5 nitrogen and oxygen atoms in total. The quantitative estimate of drug-likeness (QED) is 0.886. The van der Waals surface area contributed by atoms with Crippen molar-refractivity contribution in [2.24, 2.45) is 0 Å². The van der Waals surface area contributed by atoms with Crippen LogP contribution in [0.15, 0.2) is 54.1 Å². The standard InChI is InChI=1S/C19H14ClN3O2/c1-11(24)16-17(13-4-2-12(10-21)3-5-13)22-19(25)23-18(16)14-6-8-15(20)9-7-14/h2-9,17H,1H3,(H2,22,23,25)/t17-/m1/s1. The maximum absolute atomic E-state index is 12.3. The third kappa shape index (κ3) is 3.39. The van der Waals surface area contributed by atoms with E-state index in [-0.39, 0.29) is 5.78 Å². The highest BCUT2D eigenvalue weighted by molar-refractivity contribution is 6.30. The molecule has 0 spiro atoms. The van der Waals surface area contributed by atoms with E-state index in [2.05, 4.69) is 10.6 Å². The zero-order valence-corrected chi connectivity index (χ0v) is 14.1. The number of carbonyl (C=O) groups excluding carboxylic acids is 2. The van der Waals surface area contributed by atoms with Crippen LogP contribution in [0.3, 0.4) is 0 Å². The Kier molecular flexibility index (Phi) is 4.55. The van der Waals surface area contributed by atoms with Crippen LogP contribution in [0.1, 0.15) is 29.7 Å². The van der Waals surface area contributed by atoms with E-state index < -0.39 is 12.1 Å². The minimum absolute atomic E-state index is 0.160.